The van der Waals surface area contributed by atoms with Crippen LogP contribution in [0.25, 0.3) is 0 Å². The van der Waals surface area contributed by atoms with E-state index in [0.717, 1.165) is 0 Å². The predicted octanol–water partition coefficient (Wildman–Crippen LogP) is 2.93. The summed E-state index contributed by atoms with van der Waals surface area (Å²) in [6.07, 6.45) is -0.818. The minimum Gasteiger partial charge on any atom is -0.493 e. The van der Waals surface area contributed by atoms with E-state index in [-0.39, 0.29) is 11.5 Å². The van der Waals surface area contributed by atoms with E-state index in [0.29, 0.717) is 22.7 Å². The van der Waals surface area contributed by atoms with Crippen LogP contribution >= 0.6 is 0 Å². The Morgan fingerprint density at radius 3 is 2.29 bits per heavy atom. The number of esters is 1. The number of hydrogen-bond donors (Lipinski definition) is 0. The molecule has 0 spiro atoms. The number of carbonyl (C=O) groups excluding carboxylic acids is 2. The maximum Gasteiger partial charge on any atom is 0.342 e. The molecule has 1 aliphatic heterocycles. The van der Waals surface area contributed by atoms with Crippen LogP contribution in [0.3, 0.4) is 0 Å². The van der Waals surface area contributed by atoms with Crippen LogP contribution < -0.4 is 14.4 Å². The third kappa shape index (κ3) is 2.56. The third-order valence-electron chi connectivity index (χ3n) is 3.86. The quantitative estimate of drug-likeness (QED) is 0.811. The first-order valence-electron chi connectivity index (χ1n) is 7.38. The van der Waals surface area contributed by atoms with Gasteiger partial charge in [-0.25, -0.2) is 4.79 Å². The van der Waals surface area contributed by atoms with E-state index in [1.54, 1.807) is 18.2 Å². The van der Waals surface area contributed by atoms with Crippen LogP contribution in [-0.4, -0.2) is 26.1 Å². The molecule has 0 saturated heterocycles. The van der Waals surface area contributed by atoms with Crippen molar-refractivity contribution < 1.29 is 23.8 Å². The Hall–Kier alpha value is -3.02. The zero-order chi connectivity index (χ0) is 17.3. The molecular formula is C18H17NO5. The largest absolute Gasteiger partial charge is 0.493 e. The molecule has 0 saturated carbocycles. The van der Waals surface area contributed by atoms with E-state index < -0.39 is 12.2 Å². The summed E-state index contributed by atoms with van der Waals surface area (Å²) in [4.78, 5) is 26.2. The molecule has 0 aromatic heterocycles. The lowest BCUT2D eigenvalue weighted by Gasteiger charge is -2.36. The Kier molecular flexibility index (Phi) is 4.12. The van der Waals surface area contributed by atoms with Crippen molar-refractivity contribution in [3.8, 4) is 11.5 Å². The van der Waals surface area contributed by atoms with Gasteiger partial charge in [0.05, 0.1) is 25.5 Å². The molecule has 1 amide bonds. The Morgan fingerprint density at radius 1 is 1.08 bits per heavy atom. The van der Waals surface area contributed by atoms with Crippen LogP contribution in [0, 0.1) is 0 Å². The molecule has 0 radical (unpaired) electrons. The van der Waals surface area contributed by atoms with Gasteiger partial charge in [-0.3, -0.25) is 9.69 Å². The minimum absolute atomic E-state index is 0.246. The maximum absolute atomic E-state index is 12.4. The Morgan fingerprint density at radius 2 is 1.71 bits per heavy atom. The molecule has 0 N–H and O–H groups in total. The fraction of sp³-hybridized carbons (Fsp3) is 0.222. The van der Waals surface area contributed by atoms with Crippen molar-refractivity contribution in [1.82, 2.24) is 0 Å². The van der Waals surface area contributed by atoms with Gasteiger partial charge in [0.25, 0.3) is 0 Å². The summed E-state index contributed by atoms with van der Waals surface area (Å²) in [5, 5.41) is 0. The Labute approximate surface area is 139 Å². The number of nitrogens with zero attached hydrogens (tertiary/aromatic N) is 1. The highest BCUT2D eigenvalue weighted by atomic mass is 16.6. The predicted molar refractivity (Wildman–Crippen MR) is 87.3 cm³/mol. The molecule has 1 heterocycles. The summed E-state index contributed by atoms with van der Waals surface area (Å²) in [5.74, 6) is 0.0704. The van der Waals surface area contributed by atoms with Crippen molar-refractivity contribution in [2.75, 3.05) is 19.1 Å². The van der Waals surface area contributed by atoms with E-state index >= 15 is 0 Å². The Bertz CT molecular complexity index is 787. The lowest BCUT2D eigenvalue weighted by Crippen LogP contribution is -2.40. The molecule has 3 rings (SSSR count). The van der Waals surface area contributed by atoms with Crippen molar-refractivity contribution in [2.24, 2.45) is 0 Å². The summed E-state index contributed by atoms with van der Waals surface area (Å²) in [5.41, 5.74) is 1.40. The van der Waals surface area contributed by atoms with Crippen molar-refractivity contribution in [2.45, 2.75) is 13.2 Å². The minimum atomic E-state index is -0.818. The summed E-state index contributed by atoms with van der Waals surface area (Å²) >= 11 is 0. The second kappa shape index (κ2) is 6.23. The maximum atomic E-state index is 12.4. The molecule has 1 unspecified atom stereocenters. The van der Waals surface area contributed by atoms with E-state index in [1.807, 2.05) is 18.2 Å². The number of anilines is 1. The highest BCUT2D eigenvalue weighted by Gasteiger charge is 2.37. The van der Waals surface area contributed by atoms with Crippen LogP contribution in [0.1, 0.15) is 29.1 Å². The van der Waals surface area contributed by atoms with Crippen molar-refractivity contribution >= 4 is 17.6 Å². The van der Waals surface area contributed by atoms with Crippen LogP contribution in [-0.2, 0) is 9.53 Å². The van der Waals surface area contributed by atoms with E-state index in [4.69, 9.17) is 14.2 Å². The van der Waals surface area contributed by atoms with Crippen molar-refractivity contribution in [1.29, 1.82) is 0 Å². The molecule has 0 bridgehead atoms. The van der Waals surface area contributed by atoms with Gasteiger partial charge >= 0.3 is 5.97 Å². The van der Waals surface area contributed by atoms with Gasteiger partial charge < -0.3 is 14.2 Å². The summed E-state index contributed by atoms with van der Waals surface area (Å²) in [6.45, 7) is 1.43. The molecule has 0 fully saturated rings. The van der Waals surface area contributed by atoms with Crippen molar-refractivity contribution in [3.05, 3.63) is 53.6 Å². The van der Waals surface area contributed by atoms with Gasteiger partial charge in [0.1, 0.15) is 0 Å². The first kappa shape index (κ1) is 15.9. The molecule has 2 aromatic rings. The monoisotopic (exact) mass is 327 g/mol. The SMILES string of the molecule is COc1cc2c(cc1OC)N(C(C)=O)C(c1ccccc1)OC2=O. The molecule has 0 aliphatic carbocycles. The first-order chi connectivity index (χ1) is 11.6. The van der Waals surface area contributed by atoms with Gasteiger partial charge in [-0.2, -0.15) is 0 Å². The topological polar surface area (TPSA) is 65.1 Å². The molecule has 6 nitrogen and oxygen atoms in total. The van der Waals surface area contributed by atoms with Crippen LogP contribution in [0.4, 0.5) is 5.69 Å². The van der Waals surface area contributed by atoms with E-state index in [1.165, 1.54) is 32.1 Å². The number of hydrogen-bond acceptors (Lipinski definition) is 5. The van der Waals surface area contributed by atoms with E-state index in [2.05, 4.69) is 0 Å². The molecular weight excluding hydrogens is 310 g/mol. The lowest BCUT2D eigenvalue weighted by molar-refractivity contribution is -0.118. The number of methoxy groups -OCH3 is 2. The highest BCUT2D eigenvalue weighted by Crippen LogP contribution is 2.42. The molecule has 24 heavy (non-hydrogen) atoms. The van der Waals surface area contributed by atoms with Gasteiger partial charge in [-0.1, -0.05) is 30.3 Å². The normalized spacial score (nSPS) is 16.2. The third-order valence-corrected chi connectivity index (χ3v) is 3.86. The molecule has 6 heteroatoms. The fourth-order valence-electron chi connectivity index (χ4n) is 2.74. The number of fused-ring (bicyclic) bond motifs is 1. The highest BCUT2D eigenvalue weighted by molar-refractivity contribution is 6.05. The molecule has 124 valence electrons. The second-order valence-electron chi connectivity index (χ2n) is 5.28. The lowest BCUT2D eigenvalue weighted by atomic mass is 10.1. The zero-order valence-corrected chi connectivity index (χ0v) is 13.6. The van der Waals surface area contributed by atoms with Crippen molar-refractivity contribution in [3.63, 3.8) is 0 Å². The van der Waals surface area contributed by atoms with Gasteiger partial charge in [-0.15, -0.1) is 0 Å². The number of cyclic esters (lactones) is 1. The zero-order valence-electron chi connectivity index (χ0n) is 13.6. The van der Waals surface area contributed by atoms with Crippen LogP contribution in [0.2, 0.25) is 0 Å². The van der Waals surface area contributed by atoms with Crippen LogP contribution in [0.15, 0.2) is 42.5 Å². The average molecular weight is 327 g/mol. The van der Waals surface area contributed by atoms with Gasteiger partial charge in [0.2, 0.25) is 12.1 Å². The summed E-state index contributed by atoms with van der Waals surface area (Å²) < 4.78 is 16.0. The number of amides is 1. The first-order valence-corrected chi connectivity index (χ1v) is 7.38. The van der Waals surface area contributed by atoms with E-state index in [9.17, 15) is 9.59 Å². The Balaban J connectivity index is 2.18. The summed E-state index contributed by atoms with van der Waals surface area (Å²) in [7, 11) is 2.98. The standard InChI is InChI=1S/C18H17NO5/c1-11(20)19-14-10-16(23-3)15(22-2)9-13(14)18(21)24-17(19)12-7-5-4-6-8-12/h4-10,17H,1-3H3. The molecule has 2 aromatic carbocycles. The second-order valence-corrected chi connectivity index (χ2v) is 5.28. The van der Waals surface area contributed by atoms with Gasteiger partial charge in [-0.05, 0) is 0 Å². The van der Waals surface area contributed by atoms with Gasteiger partial charge in [0, 0.05) is 24.6 Å². The number of carbonyl (C=O) groups is 2. The molecule has 1 atom stereocenters. The van der Waals surface area contributed by atoms with Crippen LogP contribution in [0.5, 0.6) is 11.5 Å². The summed E-state index contributed by atoms with van der Waals surface area (Å²) in [6, 6.07) is 12.3. The smallest absolute Gasteiger partial charge is 0.342 e. The number of ether oxygens (including phenoxy) is 3. The number of rotatable bonds is 3. The average Bonchev–Trinajstić information content (AvgIpc) is 2.60. The van der Waals surface area contributed by atoms with Gasteiger partial charge in [0.15, 0.2) is 11.5 Å². The molecule has 1 aliphatic rings. The number of benzene rings is 2. The fourth-order valence-corrected chi connectivity index (χ4v) is 2.74.